The topological polar surface area (TPSA) is 36.9 Å². The Kier molecular flexibility index (Phi) is 7.50. The molecule has 1 saturated heterocycles. The van der Waals surface area contributed by atoms with E-state index >= 15 is 0 Å². The zero-order valence-corrected chi connectivity index (χ0v) is 14.7. The molecule has 4 nitrogen and oxygen atoms in total. The highest BCUT2D eigenvalue weighted by atomic mass is 16.7. The molecule has 2 rings (SSSR count). The van der Waals surface area contributed by atoms with Crippen molar-refractivity contribution in [1.82, 2.24) is 0 Å². The van der Waals surface area contributed by atoms with Gasteiger partial charge in [-0.25, -0.2) is 0 Å². The van der Waals surface area contributed by atoms with E-state index in [2.05, 4.69) is 32.9 Å². The SMILES string of the molecule is COCO[C@@H]1C[C@H](COCc2ccccc2)O[C@H](C(C)C)[C@H]1C. The van der Waals surface area contributed by atoms with Crippen LogP contribution in [0.4, 0.5) is 0 Å². The molecule has 130 valence electrons. The van der Waals surface area contributed by atoms with E-state index in [-0.39, 0.29) is 18.3 Å². The van der Waals surface area contributed by atoms with Gasteiger partial charge in [-0.2, -0.15) is 0 Å². The lowest BCUT2D eigenvalue weighted by atomic mass is 9.85. The average molecular weight is 322 g/mol. The van der Waals surface area contributed by atoms with Crippen molar-refractivity contribution in [3.8, 4) is 0 Å². The standard InChI is InChI=1S/C19H30O4/c1-14(2)19-15(3)18(22-13-20-4)10-17(23-19)12-21-11-16-8-6-5-7-9-16/h5-9,14-15,17-19H,10-13H2,1-4H3/t15-,17+,18+,19+/m0/s1. The minimum absolute atomic E-state index is 0.0733. The van der Waals surface area contributed by atoms with E-state index in [9.17, 15) is 0 Å². The predicted molar refractivity (Wildman–Crippen MR) is 90.1 cm³/mol. The number of hydrogen-bond donors (Lipinski definition) is 0. The summed E-state index contributed by atoms with van der Waals surface area (Å²) in [6.07, 6.45) is 1.27. The van der Waals surface area contributed by atoms with Crippen molar-refractivity contribution in [3.63, 3.8) is 0 Å². The highest BCUT2D eigenvalue weighted by Gasteiger charge is 2.38. The van der Waals surface area contributed by atoms with Crippen molar-refractivity contribution < 1.29 is 18.9 Å². The van der Waals surface area contributed by atoms with E-state index in [1.54, 1.807) is 7.11 Å². The first kappa shape index (κ1) is 18.4. The number of methoxy groups -OCH3 is 1. The molecule has 0 amide bonds. The van der Waals surface area contributed by atoms with E-state index in [0.29, 0.717) is 31.8 Å². The zero-order valence-electron chi connectivity index (χ0n) is 14.7. The predicted octanol–water partition coefficient (Wildman–Crippen LogP) is 3.64. The summed E-state index contributed by atoms with van der Waals surface area (Å²) in [4.78, 5) is 0. The molecule has 1 aromatic rings. The van der Waals surface area contributed by atoms with Gasteiger partial charge in [0.2, 0.25) is 0 Å². The molecule has 0 N–H and O–H groups in total. The zero-order chi connectivity index (χ0) is 16.7. The molecule has 0 spiro atoms. The molecule has 4 atom stereocenters. The minimum atomic E-state index is 0.0733. The Morgan fingerprint density at radius 3 is 2.61 bits per heavy atom. The molecular weight excluding hydrogens is 292 g/mol. The van der Waals surface area contributed by atoms with E-state index in [0.717, 1.165) is 6.42 Å². The van der Waals surface area contributed by atoms with E-state index < -0.39 is 0 Å². The lowest BCUT2D eigenvalue weighted by Gasteiger charge is -2.42. The molecule has 0 aromatic heterocycles. The molecule has 1 fully saturated rings. The number of benzene rings is 1. The third kappa shape index (κ3) is 5.57. The minimum Gasteiger partial charge on any atom is -0.374 e. The van der Waals surface area contributed by atoms with Gasteiger partial charge in [0.05, 0.1) is 31.5 Å². The first-order valence-corrected chi connectivity index (χ1v) is 8.49. The number of hydrogen-bond acceptors (Lipinski definition) is 4. The van der Waals surface area contributed by atoms with Gasteiger partial charge in [-0.3, -0.25) is 0 Å². The second-order valence-electron chi connectivity index (χ2n) is 6.67. The first-order chi connectivity index (χ1) is 11.1. The second kappa shape index (κ2) is 9.38. The van der Waals surface area contributed by atoms with Crippen LogP contribution < -0.4 is 0 Å². The van der Waals surface area contributed by atoms with Gasteiger partial charge in [-0.1, -0.05) is 51.1 Å². The van der Waals surface area contributed by atoms with Crippen LogP contribution in [0.2, 0.25) is 0 Å². The van der Waals surface area contributed by atoms with Crippen LogP contribution in [0.3, 0.4) is 0 Å². The summed E-state index contributed by atoms with van der Waals surface area (Å²) >= 11 is 0. The van der Waals surface area contributed by atoms with Gasteiger partial charge in [-0.15, -0.1) is 0 Å². The summed E-state index contributed by atoms with van der Waals surface area (Å²) in [5.74, 6) is 0.811. The summed E-state index contributed by atoms with van der Waals surface area (Å²) in [6.45, 7) is 8.14. The van der Waals surface area contributed by atoms with Crippen molar-refractivity contribution >= 4 is 0 Å². The Morgan fingerprint density at radius 2 is 1.96 bits per heavy atom. The fourth-order valence-electron chi connectivity index (χ4n) is 3.22. The summed E-state index contributed by atoms with van der Waals surface area (Å²) in [5.41, 5.74) is 1.18. The van der Waals surface area contributed by atoms with Crippen molar-refractivity contribution in [2.75, 3.05) is 20.5 Å². The van der Waals surface area contributed by atoms with Crippen LogP contribution in [0.25, 0.3) is 0 Å². The smallest absolute Gasteiger partial charge is 0.146 e. The van der Waals surface area contributed by atoms with Crippen LogP contribution in [-0.2, 0) is 25.6 Å². The quantitative estimate of drug-likeness (QED) is 0.685. The maximum atomic E-state index is 6.26. The first-order valence-electron chi connectivity index (χ1n) is 8.49. The molecule has 1 heterocycles. The van der Waals surface area contributed by atoms with Crippen LogP contribution in [0.5, 0.6) is 0 Å². The van der Waals surface area contributed by atoms with Gasteiger partial charge in [0.1, 0.15) is 6.79 Å². The molecule has 1 aromatic carbocycles. The van der Waals surface area contributed by atoms with Crippen LogP contribution in [0.15, 0.2) is 30.3 Å². The number of rotatable bonds is 8. The van der Waals surface area contributed by atoms with Gasteiger partial charge >= 0.3 is 0 Å². The molecule has 0 radical (unpaired) electrons. The van der Waals surface area contributed by atoms with Crippen molar-refractivity contribution in [3.05, 3.63) is 35.9 Å². The molecule has 1 aliphatic heterocycles. The lowest BCUT2D eigenvalue weighted by molar-refractivity contribution is -0.197. The van der Waals surface area contributed by atoms with Crippen molar-refractivity contribution in [2.45, 2.75) is 52.1 Å². The molecule has 4 heteroatoms. The van der Waals surface area contributed by atoms with Crippen molar-refractivity contribution in [1.29, 1.82) is 0 Å². The fourth-order valence-corrected chi connectivity index (χ4v) is 3.22. The molecule has 1 aliphatic rings. The highest BCUT2D eigenvalue weighted by Crippen LogP contribution is 2.32. The third-order valence-electron chi connectivity index (χ3n) is 4.42. The normalized spacial score (nSPS) is 28.2. The maximum Gasteiger partial charge on any atom is 0.146 e. The number of ether oxygens (including phenoxy) is 4. The van der Waals surface area contributed by atoms with Gasteiger partial charge in [-0.05, 0) is 11.5 Å². The summed E-state index contributed by atoms with van der Waals surface area (Å²) in [6, 6.07) is 10.2. The molecule has 0 saturated carbocycles. The Morgan fingerprint density at radius 1 is 1.22 bits per heavy atom. The monoisotopic (exact) mass is 322 g/mol. The molecular formula is C19H30O4. The van der Waals surface area contributed by atoms with Crippen LogP contribution >= 0.6 is 0 Å². The fraction of sp³-hybridized carbons (Fsp3) is 0.684. The second-order valence-corrected chi connectivity index (χ2v) is 6.67. The Hall–Kier alpha value is -0.940. The summed E-state index contributed by atoms with van der Waals surface area (Å²) < 4.78 is 23.1. The summed E-state index contributed by atoms with van der Waals surface area (Å²) in [5, 5.41) is 0. The van der Waals surface area contributed by atoms with Gasteiger partial charge in [0, 0.05) is 19.4 Å². The van der Waals surface area contributed by atoms with Crippen LogP contribution in [0, 0.1) is 11.8 Å². The average Bonchev–Trinajstić information content (AvgIpc) is 2.55. The van der Waals surface area contributed by atoms with E-state index in [1.807, 2.05) is 18.2 Å². The molecule has 0 bridgehead atoms. The Bertz CT molecular complexity index is 434. The van der Waals surface area contributed by atoms with Crippen molar-refractivity contribution in [2.24, 2.45) is 11.8 Å². The highest BCUT2D eigenvalue weighted by molar-refractivity contribution is 5.13. The molecule has 0 aliphatic carbocycles. The van der Waals surface area contributed by atoms with E-state index in [4.69, 9.17) is 18.9 Å². The summed E-state index contributed by atoms with van der Waals surface area (Å²) in [7, 11) is 1.66. The van der Waals surface area contributed by atoms with Gasteiger partial charge in [0.25, 0.3) is 0 Å². The van der Waals surface area contributed by atoms with E-state index in [1.165, 1.54) is 5.56 Å². The lowest BCUT2D eigenvalue weighted by Crippen LogP contribution is -2.47. The Labute approximate surface area is 140 Å². The van der Waals surface area contributed by atoms with Gasteiger partial charge in [0.15, 0.2) is 0 Å². The maximum absolute atomic E-state index is 6.26. The third-order valence-corrected chi connectivity index (χ3v) is 4.42. The van der Waals surface area contributed by atoms with Crippen LogP contribution in [-0.4, -0.2) is 38.8 Å². The molecule has 0 unspecified atom stereocenters. The van der Waals surface area contributed by atoms with Gasteiger partial charge < -0.3 is 18.9 Å². The largest absolute Gasteiger partial charge is 0.374 e. The van der Waals surface area contributed by atoms with Crippen LogP contribution in [0.1, 0.15) is 32.8 Å². The Balaban J connectivity index is 1.87. The molecule has 23 heavy (non-hydrogen) atoms.